The van der Waals surface area contributed by atoms with Gasteiger partial charge in [0.1, 0.15) is 0 Å². The summed E-state index contributed by atoms with van der Waals surface area (Å²) in [6.07, 6.45) is 2.31. The van der Waals surface area contributed by atoms with Crippen LogP contribution in [0.1, 0.15) is 27.3 Å². The standard InChI is InChI=1S/C24H23N5O3/c30-22(21-7-3-16-32-21)25-18-10-8-17(9-11-18)23(31)28-12-4-13-29(15-14-28)24-26-19-5-1-2-6-20(19)27-24/h1-3,5-11,16H,4,12-15H2,(H,25,30)(H,26,27). The number of anilines is 2. The van der Waals surface area contributed by atoms with Gasteiger partial charge in [0.2, 0.25) is 5.95 Å². The molecule has 2 aromatic heterocycles. The first kappa shape index (κ1) is 19.9. The Bertz CT molecular complexity index is 1200. The van der Waals surface area contributed by atoms with Gasteiger partial charge in [-0.3, -0.25) is 9.59 Å². The maximum Gasteiger partial charge on any atom is 0.291 e. The number of benzene rings is 2. The van der Waals surface area contributed by atoms with Crippen molar-refractivity contribution in [2.45, 2.75) is 6.42 Å². The zero-order chi connectivity index (χ0) is 21.9. The number of rotatable bonds is 4. The molecule has 0 bridgehead atoms. The summed E-state index contributed by atoms with van der Waals surface area (Å²) in [6, 6.07) is 18.2. The van der Waals surface area contributed by atoms with Crippen LogP contribution in [-0.4, -0.2) is 52.9 Å². The minimum atomic E-state index is -0.327. The van der Waals surface area contributed by atoms with Crippen LogP contribution in [0.3, 0.4) is 0 Å². The van der Waals surface area contributed by atoms with Gasteiger partial charge in [0.05, 0.1) is 17.3 Å². The largest absolute Gasteiger partial charge is 0.459 e. The second-order valence-electron chi connectivity index (χ2n) is 7.72. The minimum absolute atomic E-state index is 0.0135. The first-order chi connectivity index (χ1) is 15.7. The number of furan rings is 1. The molecule has 1 fully saturated rings. The summed E-state index contributed by atoms with van der Waals surface area (Å²) in [5.74, 6) is 0.744. The molecular formula is C24H23N5O3. The van der Waals surface area contributed by atoms with Crippen LogP contribution in [-0.2, 0) is 0 Å². The molecule has 8 nitrogen and oxygen atoms in total. The predicted molar refractivity (Wildman–Crippen MR) is 122 cm³/mol. The molecule has 0 unspecified atom stereocenters. The van der Waals surface area contributed by atoms with Gasteiger partial charge in [-0.2, -0.15) is 0 Å². The van der Waals surface area contributed by atoms with Gasteiger partial charge in [0, 0.05) is 37.4 Å². The SMILES string of the molecule is O=C(Nc1ccc(C(=O)N2CCCN(c3nc4ccccc4[nH]3)CC2)cc1)c1ccco1. The molecule has 0 spiro atoms. The Hall–Kier alpha value is -4.07. The van der Waals surface area contributed by atoms with Crippen molar-refractivity contribution in [1.82, 2.24) is 14.9 Å². The van der Waals surface area contributed by atoms with Crippen molar-refractivity contribution in [3.63, 3.8) is 0 Å². The molecule has 1 saturated heterocycles. The minimum Gasteiger partial charge on any atom is -0.459 e. The molecule has 4 aromatic rings. The number of carbonyl (C=O) groups excluding carboxylic acids is 2. The van der Waals surface area contributed by atoms with Crippen molar-refractivity contribution in [3.05, 3.63) is 78.3 Å². The van der Waals surface area contributed by atoms with E-state index in [4.69, 9.17) is 4.42 Å². The van der Waals surface area contributed by atoms with Gasteiger partial charge in [-0.05, 0) is 55.0 Å². The third kappa shape index (κ3) is 4.07. The van der Waals surface area contributed by atoms with E-state index in [1.165, 1.54) is 6.26 Å². The van der Waals surface area contributed by atoms with Crippen LogP contribution in [0, 0.1) is 0 Å². The van der Waals surface area contributed by atoms with Gasteiger partial charge in [-0.15, -0.1) is 0 Å². The summed E-state index contributed by atoms with van der Waals surface area (Å²) in [6.45, 7) is 2.85. The van der Waals surface area contributed by atoms with E-state index in [1.807, 2.05) is 29.2 Å². The average molecular weight is 429 g/mol. The maximum absolute atomic E-state index is 13.0. The van der Waals surface area contributed by atoms with Crippen molar-refractivity contribution in [1.29, 1.82) is 0 Å². The summed E-state index contributed by atoms with van der Waals surface area (Å²) >= 11 is 0. The van der Waals surface area contributed by atoms with Crippen molar-refractivity contribution in [2.24, 2.45) is 0 Å². The number of hydrogen-bond acceptors (Lipinski definition) is 5. The molecule has 2 N–H and O–H groups in total. The summed E-state index contributed by atoms with van der Waals surface area (Å²) in [4.78, 5) is 37.3. The molecule has 0 saturated carbocycles. The van der Waals surface area contributed by atoms with Crippen LogP contribution in [0.25, 0.3) is 11.0 Å². The summed E-state index contributed by atoms with van der Waals surface area (Å²) < 4.78 is 5.09. The van der Waals surface area contributed by atoms with E-state index in [0.29, 0.717) is 30.9 Å². The molecule has 2 aromatic carbocycles. The fourth-order valence-corrected chi connectivity index (χ4v) is 3.90. The highest BCUT2D eigenvalue weighted by Gasteiger charge is 2.22. The second kappa shape index (κ2) is 8.58. The molecular weight excluding hydrogens is 406 g/mol. The van der Waals surface area contributed by atoms with E-state index in [1.54, 1.807) is 36.4 Å². The van der Waals surface area contributed by atoms with Gasteiger partial charge in [-0.25, -0.2) is 4.98 Å². The zero-order valence-electron chi connectivity index (χ0n) is 17.5. The number of aromatic amines is 1. The number of nitrogens with one attached hydrogen (secondary N) is 2. The highest BCUT2D eigenvalue weighted by Crippen LogP contribution is 2.20. The second-order valence-corrected chi connectivity index (χ2v) is 7.72. The molecule has 2 amide bonds. The Morgan fingerprint density at radius 3 is 2.56 bits per heavy atom. The fourth-order valence-electron chi connectivity index (χ4n) is 3.90. The molecule has 0 aliphatic carbocycles. The lowest BCUT2D eigenvalue weighted by Gasteiger charge is -2.22. The van der Waals surface area contributed by atoms with Gasteiger partial charge >= 0.3 is 0 Å². The van der Waals surface area contributed by atoms with Crippen LogP contribution >= 0.6 is 0 Å². The van der Waals surface area contributed by atoms with Gasteiger partial charge in [0.15, 0.2) is 5.76 Å². The Morgan fingerprint density at radius 2 is 1.78 bits per heavy atom. The van der Waals surface area contributed by atoms with Crippen LogP contribution in [0.15, 0.2) is 71.3 Å². The summed E-state index contributed by atoms with van der Waals surface area (Å²) in [7, 11) is 0. The average Bonchev–Trinajstić information content (AvgIpc) is 3.44. The monoisotopic (exact) mass is 429 g/mol. The van der Waals surface area contributed by atoms with E-state index in [0.717, 1.165) is 29.9 Å². The predicted octanol–water partition coefficient (Wildman–Crippen LogP) is 3.76. The van der Waals surface area contributed by atoms with Crippen molar-refractivity contribution in [3.8, 4) is 0 Å². The molecule has 0 radical (unpaired) electrons. The Labute approximate surface area is 184 Å². The van der Waals surface area contributed by atoms with Crippen molar-refractivity contribution >= 4 is 34.5 Å². The van der Waals surface area contributed by atoms with E-state index in [9.17, 15) is 9.59 Å². The highest BCUT2D eigenvalue weighted by atomic mass is 16.3. The molecule has 1 aliphatic rings. The molecule has 3 heterocycles. The highest BCUT2D eigenvalue weighted by molar-refractivity contribution is 6.02. The third-order valence-corrected chi connectivity index (χ3v) is 5.59. The Morgan fingerprint density at radius 1 is 0.938 bits per heavy atom. The number of H-pyrrole nitrogens is 1. The molecule has 5 rings (SSSR count). The number of aromatic nitrogens is 2. The van der Waals surface area contributed by atoms with Crippen LogP contribution < -0.4 is 10.2 Å². The van der Waals surface area contributed by atoms with Crippen molar-refractivity contribution in [2.75, 3.05) is 36.4 Å². The Balaban J connectivity index is 1.22. The van der Waals surface area contributed by atoms with Crippen LogP contribution in [0.2, 0.25) is 0 Å². The molecule has 8 heteroatoms. The van der Waals surface area contributed by atoms with E-state index in [-0.39, 0.29) is 17.6 Å². The number of carbonyl (C=O) groups is 2. The molecule has 1 aliphatic heterocycles. The van der Waals surface area contributed by atoms with Gasteiger partial charge in [-0.1, -0.05) is 12.1 Å². The first-order valence-corrected chi connectivity index (χ1v) is 10.6. The first-order valence-electron chi connectivity index (χ1n) is 10.6. The quantitative estimate of drug-likeness (QED) is 0.515. The lowest BCUT2D eigenvalue weighted by molar-refractivity contribution is 0.0767. The van der Waals surface area contributed by atoms with Crippen LogP contribution in [0.5, 0.6) is 0 Å². The molecule has 32 heavy (non-hydrogen) atoms. The third-order valence-electron chi connectivity index (χ3n) is 5.59. The van der Waals surface area contributed by atoms with Crippen molar-refractivity contribution < 1.29 is 14.0 Å². The van der Waals surface area contributed by atoms with Crippen LogP contribution in [0.4, 0.5) is 11.6 Å². The topological polar surface area (TPSA) is 94.5 Å². The van der Waals surface area contributed by atoms with E-state index in [2.05, 4.69) is 20.2 Å². The van der Waals surface area contributed by atoms with Gasteiger partial charge < -0.3 is 24.5 Å². The Kier molecular flexibility index (Phi) is 5.33. The lowest BCUT2D eigenvalue weighted by Crippen LogP contribution is -2.35. The fraction of sp³-hybridized carbons (Fsp3) is 0.208. The lowest BCUT2D eigenvalue weighted by atomic mass is 10.1. The number of para-hydroxylation sites is 2. The zero-order valence-corrected chi connectivity index (χ0v) is 17.5. The number of hydrogen-bond donors (Lipinski definition) is 2. The summed E-state index contributed by atoms with van der Waals surface area (Å²) in [5.41, 5.74) is 3.16. The number of fused-ring (bicyclic) bond motifs is 1. The molecule has 0 atom stereocenters. The number of imidazole rings is 1. The summed E-state index contributed by atoms with van der Waals surface area (Å²) in [5, 5.41) is 2.76. The molecule has 162 valence electrons. The maximum atomic E-state index is 13.0. The van der Waals surface area contributed by atoms with E-state index >= 15 is 0 Å². The number of nitrogens with zero attached hydrogens (tertiary/aromatic N) is 3. The van der Waals surface area contributed by atoms with Gasteiger partial charge in [0.25, 0.3) is 11.8 Å². The van der Waals surface area contributed by atoms with E-state index < -0.39 is 0 Å². The smallest absolute Gasteiger partial charge is 0.291 e. The number of amides is 2. The normalized spacial score (nSPS) is 14.4.